The number of nitrogens with zero attached hydrogens (tertiary/aromatic N) is 3. The van der Waals surface area contributed by atoms with Crippen LogP contribution in [0.4, 0.5) is 0 Å². The summed E-state index contributed by atoms with van der Waals surface area (Å²) in [6, 6.07) is 14.6. The third-order valence-corrected chi connectivity index (χ3v) is 4.54. The summed E-state index contributed by atoms with van der Waals surface area (Å²) < 4.78 is 7.27. The maximum Gasteiger partial charge on any atom is 0.260 e. The number of carbonyl (C=O) groups is 1. The van der Waals surface area contributed by atoms with Gasteiger partial charge >= 0.3 is 0 Å². The smallest absolute Gasteiger partial charge is 0.260 e. The van der Waals surface area contributed by atoms with Crippen LogP contribution in [-0.4, -0.2) is 34.2 Å². The van der Waals surface area contributed by atoms with Crippen LogP contribution >= 0.6 is 23.2 Å². The van der Waals surface area contributed by atoms with E-state index in [9.17, 15) is 4.79 Å². The molecule has 1 aromatic heterocycles. The SMILES string of the molecule is CN(Cc1ccc(-n2cccn2)cc1)C(=O)COc1ccc(Cl)c(Cl)c1. The predicted molar refractivity (Wildman–Crippen MR) is 102 cm³/mol. The highest BCUT2D eigenvalue weighted by molar-refractivity contribution is 6.42. The molecule has 0 aliphatic carbocycles. The minimum atomic E-state index is -0.132. The molecule has 0 radical (unpaired) electrons. The molecular weight excluding hydrogens is 373 g/mol. The Hall–Kier alpha value is -2.50. The van der Waals surface area contributed by atoms with Gasteiger partial charge in [0.15, 0.2) is 6.61 Å². The summed E-state index contributed by atoms with van der Waals surface area (Å²) >= 11 is 11.8. The highest BCUT2D eigenvalue weighted by Crippen LogP contribution is 2.26. The maximum absolute atomic E-state index is 12.3. The van der Waals surface area contributed by atoms with Crippen LogP contribution in [0.3, 0.4) is 0 Å². The summed E-state index contributed by atoms with van der Waals surface area (Å²) in [5.74, 6) is 0.372. The fourth-order valence-electron chi connectivity index (χ4n) is 2.36. The molecule has 0 saturated heterocycles. The molecule has 0 spiro atoms. The van der Waals surface area contributed by atoms with Gasteiger partial charge in [-0.25, -0.2) is 4.68 Å². The van der Waals surface area contributed by atoms with Crippen LogP contribution < -0.4 is 4.74 Å². The van der Waals surface area contributed by atoms with E-state index in [1.807, 2.05) is 36.5 Å². The van der Waals surface area contributed by atoms with Gasteiger partial charge in [-0.15, -0.1) is 0 Å². The van der Waals surface area contributed by atoms with Crippen LogP contribution in [0.25, 0.3) is 5.69 Å². The van der Waals surface area contributed by atoms with Gasteiger partial charge in [-0.05, 0) is 35.9 Å². The Morgan fingerprint density at radius 2 is 1.92 bits per heavy atom. The molecule has 0 unspecified atom stereocenters. The summed E-state index contributed by atoms with van der Waals surface area (Å²) in [5.41, 5.74) is 1.99. The summed E-state index contributed by atoms with van der Waals surface area (Å²) in [5, 5.41) is 5.02. The van der Waals surface area contributed by atoms with E-state index >= 15 is 0 Å². The summed E-state index contributed by atoms with van der Waals surface area (Å²) in [7, 11) is 1.74. The zero-order valence-corrected chi connectivity index (χ0v) is 15.6. The Balaban J connectivity index is 1.54. The van der Waals surface area contributed by atoms with Crippen molar-refractivity contribution in [3.05, 3.63) is 76.5 Å². The molecule has 134 valence electrons. The van der Waals surface area contributed by atoms with E-state index in [0.29, 0.717) is 22.3 Å². The van der Waals surface area contributed by atoms with E-state index in [-0.39, 0.29) is 12.5 Å². The molecule has 3 rings (SSSR count). The molecule has 0 N–H and O–H groups in total. The van der Waals surface area contributed by atoms with Crippen molar-refractivity contribution in [1.82, 2.24) is 14.7 Å². The van der Waals surface area contributed by atoms with Gasteiger partial charge in [0, 0.05) is 32.1 Å². The molecule has 0 saturated carbocycles. The number of hydrogen-bond acceptors (Lipinski definition) is 3. The molecule has 0 atom stereocenters. The molecule has 2 aromatic carbocycles. The highest BCUT2D eigenvalue weighted by Gasteiger charge is 2.11. The molecular formula is C19H17Cl2N3O2. The lowest BCUT2D eigenvalue weighted by Gasteiger charge is -2.18. The predicted octanol–water partition coefficient (Wildman–Crippen LogP) is 4.22. The second-order valence-corrected chi connectivity index (χ2v) is 6.55. The lowest BCUT2D eigenvalue weighted by Crippen LogP contribution is -2.30. The van der Waals surface area contributed by atoms with Crippen LogP contribution in [0.1, 0.15) is 5.56 Å². The van der Waals surface area contributed by atoms with Crippen LogP contribution in [0.15, 0.2) is 60.9 Å². The first kappa shape index (κ1) is 18.3. The Morgan fingerprint density at radius 1 is 1.15 bits per heavy atom. The van der Waals surface area contributed by atoms with E-state index in [4.69, 9.17) is 27.9 Å². The summed E-state index contributed by atoms with van der Waals surface area (Å²) in [6.07, 6.45) is 3.61. The maximum atomic E-state index is 12.3. The van der Waals surface area contributed by atoms with Crippen LogP contribution in [0, 0.1) is 0 Å². The molecule has 0 fully saturated rings. The fraction of sp³-hybridized carbons (Fsp3) is 0.158. The van der Waals surface area contributed by atoms with Crippen molar-refractivity contribution in [2.24, 2.45) is 0 Å². The molecule has 0 aliphatic rings. The standard InChI is InChI=1S/C19H17Cl2N3O2/c1-23(19(25)13-26-16-7-8-17(20)18(21)11-16)12-14-3-5-15(6-4-14)24-10-2-9-22-24/h2-11H,12-13H2,1H3. The first-order valence-electron chi connectivity index (χ1n) is 7.94. The third kappa shape index (κ3) is 4.56. The van der Waals surface area contributed by atoms with Gasteiger partial charge in [0.05, 0.1) is 15.7 Å². The quantitative estimate of drug-likeness (QED) is 0.633. The van der Waals surface area contributed by atoms with Crippen LogP contribution in [-0.2, 0) is 11.3 Å². The Labute approximate surface area is 161 Å². The van der Waals surface area contributed by atoms with Gasteiger partial charge in [-0.1, -0.05) is 35.3 Å². The summed E-state index contributed by atoms with van der Waals surface area (Å²) in [4.78, 5) is 13.9. The van der Waals surface area contributed by atoms with Gasteiger partial charge in [0.25, 0.3) is 5.91 Å². The Kier molecular flexibility index (Phi) is 5.81. The summed E-state index contributed by atoms with van der Waals surface area (Å²) in [6.45, 7) is 0.419. The van der Waals surface area contributed by atoms with Crippen molar-refractivity contribution < 1.29 is 9.53 Å². The van der Waals surface area contributed by atoms with Gasteiger partial charge < -0.3 is 9.64 Å². The second kappa shape index (κ2) is 8.25. The van der Waals surface area contributed by atoms with E-state index in [1.54, 1.807) is 41.0 Å². The number of carbonyl (C=O) groups excluding carboxylic acids is 1. The number of amides is 1. The number of hydrogen-bond donors (Lipinski definition) is 0. The van der Waals surface area contributed by atoms with E-state index < -0.39 is 0 Å². The molecule has 0 bridgehead atoms. The van der Waals surface area contributed by atoms with Crippen molar-refractivity contribution in [3.8, 4) is 11.4 Å². The number of aromatic nitrogens is 2. The van der Waals surface area contributed by atoms with Gasteiger partial charge in [0.2, 0.25) is 0 Å². The van der Waals surface area contributed by atoms with Gasteiger partial charge in [-0.3, -0.25) is 4.79 Å². The fourth-order valence-corrected chi connectivity index (χ4v) is 2.65. The zero-order valence-electron chi connectivity index (χ0n) is 14.1. The monoisotopic (exact) mass is 389 g/mol. The molecule has 0 aliphatic heterocycles. The lowest BCUT2D eigenvalue weighted by atomic mass is 10.2. The number of rotatable bonds is 6. The molecule has 1 amide bonds. The van der Waals surface area contributed by atoms with E-state index in [0.717, 1.165) is 11.3 Å². The first-order valence-corrected chi connectivity index (χ1v) is 8.69. The van der Waals surface area contributed by atoms with Crippen molar-refractivity contribution in [1.29, 1.82) is 0 Å². The van der Waals surface area contributed by atoms with Crippen molar-refractivity contribution >= 4 is 29.1 Å². The highest BCUT2D eigenvalue weighted by atomic mass is 35.5. The van der Waals surface area contributed by atoms with Gasteiger partial charge in [-0.2, -0.15) is 5.10 Å². The van der Waals surface area contributed by atoms with Gasteiger partial charge in [0.1, 0.15) is 5.75 Å². The average molecular weight is 390 g/mol. The van der Waals surface area contributed by atoms with Crippen LogP contribution in [0.5, 0.6) is 5.75 Å². The van der Waals surface area contributed by atoms with Crippen molar-refractivity contribution in [2.45, 2.75) is 6.54 Å². The minimum Gasteiger partial charge on any atom is -0.484 e. The Bertz CT molecular complexity index is 880. The third-order valence-electron chi connectivity index (χ3n) is 3.80. The minimum absolute atomic E-state index is 0.0696. The average Bonchev–Trinajstić information content (AvgIpc) is 3.17. The first-order chi connectivity index (χ1) is 12.5. The molecule has 1 heterocycles. The van der Waals surface area contributed by atoms with E-state index in [1.165, 1.54) is 0 Å². The largest absolute Gasteiger partial charge is 0.484 e. The molecule has 3 aromatic rings. The number of benzene rings is 2. The second-order valence-electron chi connectivity index (χ2n) is 5.73. The number of ether oxygens (including phenoxy) is 1. The number of halogens is 2. The topological polar surface area (TPSA) is 47.4 Å². The van der Waals surface area contributed by atoms with Crippen molar-refractivity contribution in [3.63, 3.8) is 0 Å². The van der Waals surface area contributed by atoms with Crippen molar-refractivity contribution in [2.75, 3.05) is 13.7 Å². The lowest BCUT2D eigenvalue weighted by molar-refractivity contribution is -0.132. The molecule has 7 heteroatoms. The molecule has 26 heavy (non-hydrogen) atoms. The van der Waals surface area contributed by atoms with E-state index in [2.05, 4.69) is 5.10 Å². The number of likely N-dealkylation sites (N-methyl/N-ethyl adjacent to an activating group) is 1. The zero-order chi connectivity index (χ0) is 18.5. The van der Waals surface area contributed by atoms with Crippen LogP contribution in [0.2, 0.25) is 10.0 Å². The molecule has 5 nitrogen and oxygen atoms in total. The normalized spacial score (nSPS) is 10.6. The Morgan fingerprint density at radius 3 is 2.58 bits per heavy atom.